The lowest BCUT2D eigenvalue weighted by Crippen LogP contribution is -2.58. The number of hydrogen-bond acceptors (Lipinski definition) is 8. The summed E-state index contributed by atoms with van der Waals surface area (Å²) in [4.78, 5) is 47.9. The number of carbonyl (C=O) groups is 3. The first kappa shape index (κ1) is 34.2. The van der Waals surface area contributed by atoms with Crippen molar-refractivity contribution in [3.63, 3.8) is 0 Å². The van der Waals surface area contributed by atoms with Gasteiger partial charge in [-0.05, 0) is 44.7 Å². The van der Waals surface area contributed by atoms with Crippen LogP contribution in [-0.2, 0) is 14.3 Å². The molecule has 0 aliphatic carbocycles. The Labute approximate surface area is 245 Å². The van der Waals surface area contributed by atoms with Crippen molar-refractivity contribution in [3.05, 3.63) is 16.1 Å². The molecule has 9 nitrogen and oxygen atoms in total. The van der Waals surface area contributed by atoms with E-state index in [2.05, 4.69) is 36.0 Å². The van der Waals surface area contributed by atoms with E-state index in [-0.39, 0.29) is 47.8 Å². The number of piperidine rings is 1. The lowest BCUT2D eigenvalue weighted by atomic mass is 9.91. The Kier molecular flexibility index (Phi) is 14.6. The number of likely N-dealkylation sites (tertiary alicyclic amines) is 1. The van der Waals surface area contributed by atoms with E-state index < -0.39 is 18.1 Å². The number of likely N-dealkylation sites (N-methyl/N-ethyl adjacent to an activating group) is 1. The van der Waals surface area contributed by atoms with Crippen molar-refractivity contribution in [1.29, 1.82) is 0 Å². The van der Waals surface area contributed by atoms with Crippen molar-refractivity contribution < 1.29 is 24.2 Å². The van der Waals surface area contributed by atoms with Gasteiger partial charge in [-0.1, -0.05) is 66.7 Å². The van der Waals surface area contributed by atoms with Gasteiger partial charge < -0.3 is 20.1 Å². The van der Waals surface area contributed by atoms with E-state index in [1.54, 1.807) is 5.38 Å². The van der Waals surface area contributed by atoms with Gasteiger partial charge in [0.15, 0.2) is 5.69 Å². The molecule has 0 radical (unpaired) electrons. The number of unbranched alkanes of at least 4 members (excludes halogenated alkanes) is 3. The number of amides is 2. The molecule has 228 valence electrons. The van der Waals surface area contributed by atoms with Gasteiger partial charge >= 0.3 is 5.97 Å². The molecule has 0 unspecified atom stereocenters. The molecule has 2 heterocycles. The third-order valence-corrected chi connectivity index (χ3v) is 9.17. The number of ether oxygens (including phenoxy) is 1. The molecule has 40 heavy (non-hydrogen) atoms. The molecule has 2 amide bonds. The Hall–Kier alpha value is -2.04. The highest BCUT2D eigenvalue weighted by Gasteiger charge is 2.37. The molecule has 10 heteroatoms. The summed E-state index contributed by atoms with van der Waals surface area (Å²) in [5, 5.41) is 16.3. The zero-order valence-corrected chi connectivity index (χ0v) is 26.5. The third kappa shape index (κ3) is 9.52. The summed E-state index contributed by atoms with van der Waals surface area (Å²) >= 11 is 1.21. The molecule has 0 aromatic carbocycles. The number of aliphatic hydroxyl groups excluding tert-OH is 1. The van der Waals surface area contributed by atoms with E-state index in [1.807, 2.05) is 25.8 Å². The van der Waals surface area contributed by atoms with Gasteiger partial charge in [-0.15, -0.1) is 11.3 Å². The van der Waals surface area contributed by atoms with Crippen molar-refractivity contribution in [3.8, 4) is 0 Å². The van der Waals surface area contributed by atoms with E-state index in [0.29, 0.717) is 11.6 Å². The second-order valence-corrected chi connectivity index (χ2v) is 12.5. The first-order chi connectivity index (χ1) is 19.0. The van der Waals surface area contributed by atoms with E-state index in [0.717, 1.165) is 57.9 Å². The fourth-order valence-corrected chi connectivity index (χ4v) is 6.18. The van der Waals surface area contributed by atoms with Crippen molar-refractivity contribution in [2.24, 2.45) is 11.8 Å². The number of hydrogen-bond donors (Lipinski definition) is 2. The maximum absolute atomic E-state index is 14.3. The standard InChI is InChI=1S/C30H52N4O5S/c1-8-10-11-13-17-34(24(20(3)4)18-25(35)28-31-22(19-40-28)30(38)39-7)29(37)26(21(5)9-2)32-27(36)23-15-12-14-16-33(23)6/h19-21,23-26,35H,8-18H2,1-7H3,(H,32,36)/t21-,23+,24+,25+,26-/m0/s1. The molecule has 1 aromatic rings. The molecule has 1 aromatic heterocycles. The van der Waals surface area contributed by atoms with E-state index >= 15 is 0 Å². The third-order valence-electron chi connectivity index (χ3n) is 8.22. The van der Waals surface area contributed by atoms with Crippen LogP contribution < -0.4 is 5.32 Å². The normalized spacial score (nSPS) is 19.1. The molecule has 0 saturated carbocycles. The highest BCUT2D eigenvalue weighted by molar-refractivity contribution is 7.09. The summed E-state index contributed by atoms with van der Waals surface area (Å²) in [6.45, 7) is 11.8. The monoisotopic (exact) mass is 580 g/mol. The predicted molar refractivity (Wildman–Crippen MR) is 159 cm³/mol. The van der Waals surface area contributed by atoms with Crippen molar-refractivity contribution in [1.82, 2.24) is 20.1 Å². The maximum Gasteiger partial charge on any atom is 0.357 e. The van der Waals surface area contributed by atoms with Crippen molar-refractivity contribution in [2.75, 3.05) is 27.2 Å². The summed E-state index contributed by atoms with van der Waals surface area (Å²) in [6, 6.07) is -1.12. The van der Waals surface area contributed by atoms with Gasteiger partial charge in [-0.25, -0.2) is 9.78 Å². The Morgan fingerprint density at radius 1 is 1.20 bits per heavy atom. The maximum atomic E-state index is 14.3. The molecule has 1 saturated heterocycles. The predicted octanol–water partition coefficient (Wildman–Crippen LogP) is 4.80. The largest absolute Gasteiger partial charge is 0.464 e. The molecule has 2 N–H and O–H groups in total. The zero-order valence-electron chi connectivity index (χ0n) is 25.6. The van der Waals surface area contributed by atoms with Crippen LogP contribution in [0.25, 0.3) is 0 Å². The number of nitrogens with zero attached hydrogens (tertiary/aromatic N) is 3. The first-order valence-electron chi connectivity index (χ1n) is 15.1. The summed E-state index contributed by atoms with van der Waals surface area (Å²) in [6.07, 6.45) is 7.04. The van der Waals surface area contributed by atoms with Gasteiger partial charge in [0, 0.05) is 24.4 Å². The molecule has 2 rings (SSSR count). The molecule has 0 spiro atoms. The van der Waals surface area contributed by atoms with Crippen LogP contribution in [0.2, 0.25) is 0 Å². The number of carbonyl (C=O) groups excluding carboxylic acids is 3. The molecule has 1 aliphatic heterocycles. The second-order valence-electron chi connectivity index (χ2n) is 11.6. The topological polar surface area (TPSA) is 112 Å². The fourth-order valence-electron chi connectivity index (χ4n) is 5.39. The highest BCUT2D eigenvalue weighted by atomic mass is 32.1. The lowest BCUT2D eigenvalue weighted by Gasteiger charge is -2.40. The molecule has 0 bridgehead atoms. The van der Waals surface area contributed by atoms with Crippen LogP contribution in [0.5, 0.6) is 0 Å². The van der Waals surface area contributed by atoms with E-state index in [1.165, 1.54) is 18.4 Å². The molecular weight excluding hydrogens is 528 g/mol. The first-order valence-corrected chi connectivity index (χ1v) is 16.0. The van der Waals surface area contributed by atoms with Crippen LogP contribution in [-0.4, -0.2) is 83.0 Å². The highest BCUT2D eigenvalue weighted by Crippen LogP contribution is 2.29. The number of esters is 1. The summed E-state index contributed by atoms with van der Waals surface area (Å²) in [5.41, 5.74) is 0.169. The number of rotatable bonds is 16. The Morgan fingerprint density at radius 3 is 2.52 bits per heavy atom. The van der Waals surface area contributed by atoms with Crippen LogP contribution >= 0.6 is 11.3 Å². The molecule has 5 atom stereocenters. The minimum Gasteiger partial charge on any atom is -0.464 e. The molecule has 1 fully saturated rings. The second kappa shape index (κ2) is 17.0. The van der Waals surface area contributed by atoms with Crippen LogP contribution in [0.3, 0.4) is 0 Å². The summed E-state index contributed by atoms with van der Waals surface area (Å²) in [5.74, 6) is -0.687. The van der Waals surface area contributed by atoms with Crippen LogP contribution in [0, 0.1) is 11.8 Å². The SMILES string of the molecule is CCCCCCN(C(=O)[C@@H](NC(=O)[C@H]1CCCCN1C)[C@@H](C)CC)[C@H](C[C@@H](O)c1nc(C(=O)OC)cs1)C(C)C. The minimum atomic E-state index is -0.936. The number of methoxy groups -OCH3 is 1. The Morgan fingerprint density at radius 2 is 1.93 bits per heavy atom. The summed E-state index contributed by atoms with van der Waals surface area (Å²) < 4.78 is 4.76. The Bertz CT molecular complexity index is 939. The van der Waals surface area contributed by atoms with Gasteiger partial charge in [0.1, 0.15) is 17.2 Å². The number of thiazole rings is 1. The average Bonchev–Trinajstić information content (AvgIpc) is 3.44. The fraction of sp³-hybridized carbons (Fsp3) is 0.800. The number of aliphatic hydroxyl groups is 1. The van der Waals surface area contributed by atoms with E-state index in [4.69, 9.17) is 4.74 Å². The molecule has 1 aliphatic rings. The number of aromatic nitrogens is 1. The van der Waals surface area contributed by atoms with Crippen LogP contribution in [0.4, 0.5) is 0 Å². The smallest absolute Gasteiger partial charge is 0.357 e. The van der Waals surface area contributed by atoms with Gasteiger partial charge in [-0.3, -0.25) is 14.5 Å². The van der Waals surface area contributed by atoms with E-state index in [9.17, 15) is 19.5 Å². The van der Waals surface area contributed by atoms with Crippen molar-refractivity contribution in [2.45, 2.75) is 117 Å². The van der Waals surface area contributed by atoms with Gasteiger partial charge in [0.05, 0.1) is 13.2 Å². The van der Waals surface area contributed by atoms with Crippen LogP contribution in [0.15, 0.2) is 5.38 Å². The minimum absolute atomic E-state index is 0.0391. The lowest BCUT2D eigenvalue weighted by molar-refractivity contribution is -0.142. The van der Waals surface area contributed by atoms with Gasteiger partial charge in [-0.2, -0.15) is 0 Å². The zero-order chi connectivity index (χ0) is 29.8. The van der Waals surface area contributed by atoms with Gasteiger partial charge in [0.2, 0.25) is 11.8 Å². The average molecular weight is 581 g/mol. The Balaban J connectivity index is 2.33. The van der Waals surface area contributed by atoms with Crippen LogP contribution in [0.1, 0.15) is 114 Å². The number of nitrogens with one attached hydrogen (secondary N) is 1. The molecular formula is C30H52N4O5S. The summed E-state index contributed by atoms with van der Waals surface area (Å²) in [7, 11) is 3.28. The van der Waals surface area contributed by atoms with Crippen molar-refractivity contribution >= 4 is 29.1 Å². The quantitative estimate of drug-likeness (QED) is 0.213. The van der Waals surface area contributed by atoms with Gasteiger partial charge in [0.25, 0.3) is 0 Å².